The maximum absolute atomic E-state index is 12.7. The standard InChI is InChI=1S/C14H17F3N2S/c1-8-5-9(8)7-19(2)12-4-3-10(14(15,16)17)6-11(12)13(18)20/h3-4,6,8-9H,5,7H2,1-2H3,(H2,18,20). The maximum atomic E-state index is 12.7. The summed E-state index contributed by atoms with van der Waals surface area (Å²) in [6.07, 6.45) is -3.23. The summed E-state index contributed by atoms with van der Waals surface area (Å²) in [5.74, 6) is 1.28. The van der Waals surface area contributed by atoms with Crippen LogP contribution in [0.2, 0.25) is 0 Å². The minimum Gasteiger partial charge on any atom is -0.389 e. The monoisotopic (exact) mass is 302 g/mol. The van der Waals surface area contributed by atoms with Gasteiger partial charge in [0.1, 0.15) is 4.99 Å². The summed E-state index contributed by atoms with van der Waals surface area (Å²) in [7, 11) is 1.86. The fourth-order valence-electron chi connectivity index (χ4n) is 2.35. The van der Waals surface area contributed by atoms with Gasteiger partial charge in [0.15, 0.2) is 0 Å². The van der Waals surface area contributed by atoms with Gasteiger partial charge in [-0.25, -0.2) is 0 Å². The number of hydrogen-bond acceptors (Lipinski definition) is 2. The molecule has 20 heavy (non-hydrogen) atoms. The van der Waals surface area contributed by atoms with Crippen LogP contribution in [0.4, 0.5) is 18.9 Å². The lowest BCUT2D eigenvalue weighted by Crippen LogP contribution is -2.25. The van der Waals surface area contributed by atoms with Gasteiger partial charge in [-0.2, -0.15) is 13.2 Å². The highest BCUT2D eigenvalue weighted by Gasteiger charge is 2.34. The van der Waals surface area contributed by atoms with Crippen LogP contribution < -0.4 is 10.6 Å². The molecule has 6 heteroatoms. The van der Waals surface area contributed by atoms with Crippen LogP contribution in [0.15, 0.2) is 18.2 Å². The van der Waals surface area contributed by atoms with Crippen molar-refractivity contribution in [3.05, 3.63) is 29.3 Å². The number of thiocarbonyl (C=S) groups is 1. The first-order chi connectivity index (χ1) is 9.20. The number of nitrogens with zero attached hydrogens (tertiary/aromatic N) is 1. The van der Waals surface area contributed by atoms with E-state index in [2.05, 4.69) is 6.92 Å². The summed E-state index contributed by atoms with van der Waals surface area (Å²) in [4.78, 5) is 1.92. The van der Waals surface area contributed by atoms with Crippen molar-refractivity contribution in [2.45, 2.75) is 19.5 Å². The maximum Gasteiger partial charge on any atom is 0.416 e. The van der Waals surface area contributed by atoms with Crippen molar-refractivity contribution < 1.29 is 13.2 Å². The first-order valence-corrected chi connectivity index (χ1v) is 6.83. The second-order valence-corrected chi connectivity index (χ2v) is 5.89. The van der Waals surface area contributed by atoms with Gasteiger partial charge >= 0.3 is 6.18 Å². The Morgan fingerprint density at radius 2 is 2.05 bits per heavy atom. The quantitative estimate of drug-likeness (QED) is 0.864. The van der Waals surface area contributed by atoms with Crippen LogP contribution >= 0.6 is 12.2 Å². The van der Waals surface area contributed by atoms with Crippen LogP contribution in [0.3, 0.4) is 0 Å². The highest BCUT2D eigenvalue weighted by Crippen LogP contribution is 2.39. The lowest BCUT2D eigenvalue weighted by atomic mass is 10.1. The Kier molecular flexibility index (Phi) is 3.95. The number of nitrogens with two attached hydrogens (primary N) is 1. The topological polar surface area (TPSA) is 29.3 Å². The zero-order chi connectivity index (χ0) is 15.1. The van der Waals surface area contributed by atoms with Crippen LogP contribution in [0.25, 0.3) is 0 Å². The highest BCUT2D eigenvalue weighted by molar-refractivity contribution is 7.80. The lowest BCUT2D eigenvalue weighted by Gasteiger charge is -2.23. The second-order valence-electron chi connectivity index (χ2n) is 5.45. The zero-order valence-corrected chi connectivity index (χ0v) is 12.2. The van der Waals surface area contributed by atoms with Crippen LogP contribution in [-0.2, 0) is 6.18 Å². The predicted octanol–water partition coefficient (Wildman–Crippen LogP) is 3.43. The number of alkyl halides is 3. The molecule has 2 unspecified atom stereocenters. The molecule has 0 heterocycles. The molecular weight excluding hydrogens is 285 g/mol. The normalized spacial score (nSPS) is 21.6. The molecule has 1 saturated carbocycles. The van der Waals surface area contributed by atoms with Gasteiger partial charge in [0.25, 0.3) is 0 Å². The van der Waals surface area contributed by atoms with Crippen molar-refractivity contribution in [3.63, 3.8) is 0 Å². The number of hydrogen-bond donors (Lipinski definition) is 1. The third-order valence-electron chi connectivity index (χ3n) is 3.79. The van der Waals surface area contributed by atoms with E-state index in [1.807, 2.05) is 11.9 Å². The van der Waals surface area contributed by atoms with Gasteiger partial charge in [0, 0.05) is 24.8 Å². The van der Waals surface area contributed by atoms with Gasteiger partial charge in [-0.3, -0.25) is 0 Å². The molecule has 0 saturated heterocycles. The van der Waals surface area contributed by atoms with E-state index in [1.54, 1.807) is 0 Å². The Morgan fingerprint density at radius 3 is 2.50 bits per heavy atom. The molecule has 1 aliphatic carbocycles. The Labute approximate surface area is 121 Å². The SMILES string of the molecule is CC1CC1CN(C)c1ccc(C(F)(F)F)cc1C(N)=S. The number of anilines is 1. The van der Waals surface area contributed by atoms with Crippen molar-refractivity contribution in [2.24, 2.45) is 17.6 Å². The molecule has 1 aliphatic rings. The molecule has 2 rings (SSSR count). The molecule has 2 atom stereocenters. The fraction of sp³-hybridized carbons (Fsp3) is 0.500. The summed E-state index contributed by atoms with van der Waals surface area (Å²) in [6, 6.07) is 3.55. The van der Waals surface area contributed by atoms with Crippen molar-refractivity contribution >= 4 is 22.9 Å². The van der Waals surface area contributed by atoms with E-state index in [1.165, 1.54) is 6.07 Å². The van der Waals surface area contributed by atoms with Crippen molar-refractivity contribution in [1.29, 1.82) is 0 Å². The minimum atomic E-state index is -4.39. The Hall–Kier alpha value is -1.30. The molecule has 2 nitrogen and oxygen atoms in total. The van der Waals surface area contributed by atoms with Crippen LogP contribution in [-0.4, -0.2) is 18.6 Å². The van der Waals surface area contributed by atoms with E-state index in [0.29, 0.717) is 17.5 Å². The molecule has 0 bridgehead atoms. The third kappa shape index (κ3) is 3.23. The second kappa shape index (κ2) is 5.24. The smallest absolute Gasteiger partial charge is 0.389 e. The van der Waals surface area contributed by atoms with E-state index in [4.69, 9.17) is 18.0 Å². The average molecular weight is 302 g/mol. The summed E-state index contributed by atoms with van der Waals surface area (Å²) >= 11 is 4.89. The van der Waals surface area contributed by atoms with E-state index >= 15 is 0 Å². The molecule has 2 N–H and O–H groups in total. The Bertz CT molecular complexity index is 528. The van der Waals surface area contributed by atoms with E-state index < -0.39 is 11.7 Å². The average Bonchev–Trinajstić information content (AvgIpc) is 3.02. The molecule has 1 aromatic carbocycles. The fourth-order valence-corrected chi connectivity index (χ4v) is 2.51. The summed E-state index contributed by atoms with van der Waals surface area (Å²) < 4.78 is 38.2. The molecule has 0 spiro atoms. The third-order valence-corrected chi connectivity index (χ3v) is 4.01. The van der Waals surface area contributed by atoms with Crippen molar-refractivity contribution in [1.82, 2.24) is 0 Å². The molecule has 1 fully saturated rings. The Morgan fingerprint density at radius 1 is 1.45 bits per heavy atom. The zero-order valence-electron chi connectivity index (χ0n) is 11.4. The predicted molar refractivity (Wildman–Crippen MR) is 77.9 cm³/mol. The number of benzene rings is 1. The lowest BCUT2D eigenvalue weighted by molar-refractivity contribution is -0.137. The van der Waals surface area contributed by atoms with Crippen LogP contribution in [0.5, 0.6) is 0 Å². The largest absolute Gasteiger partial charge is 0.416 e. The molecule has 1 aromatic rings. The van der Waals surface area contributed by atoms with Crippen molar-refractivity contribution in [2.75, 3.05) is 18.5 Å². The molecule has 0 aromatic heterocycles. The molecule has 0 aliphatic heterocycles. The highest BCUT2D eigenvalue weighted by atomic mass is 32.1. The minimum absolute atomic E-state index is 0.0122. The van der Waals surface area contributed by atoms with Gasteiger partial charge in [-0.15, -0.1) is 0 Å². The molecule has 0 amide bonds. The molecule has 110 valence electrons. The molecular formula is C14H17F3N2S. The summed E-state index contributed by atoms with van der Waals surface area (Å²) in [6.45, 7) is 2.97. The van der Waals surface area contributed by atoms with Gasteiger partial charge < -0.3 is 10.6 Å². The number of halogens is 3. The van der Waals surface area contributed by atoms with E-state index in [-0.39, 0.29) is 10.6 Å². The van der Waals surface area contributed by atoms with E-state index in [0.717, 1.165) is 25.1 Å². The van der Waals surface area contributed by atoms with Crippen molar-refractivity contribution in [3.8, 4) is 0 Å². The van der Waals surface area contributed by atoms with E-state index in [9.17, 15) is 13.2 Å². The Balaban J connectivity index is 2.30. The number of rotatable bonds is 4. The summed E-state index contributed by atoms with van der Waals surface area (Å²) in [5, 5.41) is 0. The summed E-state index contributed by atoms with van der Waals surface area (Å²) in [5.41, 5.74) is 5.79. The van der Waals surface area contributed by atoms with Gasteiger partial charge in [-0.1, -0.05) is 19.1 Å². The first-order valence-electron chi connectivity index (χ1n) is 6.42. The van der Waals surface area contributed by atoms with Crippen LogP contribution in [0, 0.1) is 11.8 Å². The van der Waals surface area contributed by atoms with Gasteiger partial charge in [-0.05, 0) is 36.5 Å². The first kappa shape index (κ1) is 15.1. The van der Waals surface area contributed by atoms with Gasteiger partial charge in [0.05, 0.1) is 5.56 Å². The van der Waals surface area contributed by atoms with Crippen LogP contribution in [0.1, 0.15) is 24.5 Å². The van der Waals surface area contributed by atoms with Gasteiger partial charge in [0.2, 0.25) is 0 Å². The molecule has 0 radical (unpaired) electrons.